The molecule has 0 saturated carbocycles. The van der Waals surface area contributed by atoms with Crippen molar-refractivity contribution in [2.75, 3.05) is 9.80 Å². The molecule has 0 radical (unpaired) electrons. The van der Waals surface area contributed by atoms with Gasteiger partial charge in [-0.2, -0.15) is 0 Å². The Kier molecular flexibility index (Phi) is 7.96. The zero-order chi connectivity index (χ0) is 32.1. The Bertz CT molecular complexity index is 2000. The van der Waals surface area contributed by atoms with Gasteiger partial charge in [-0.15, -0.1) is 0 Å². The predicted octanol–water partition coefficient (Wildman–Crippen LogP) is 13.1. The van der Waals surface area contributed by atoms with E-state index < -0.39 is 0 Å². The molecule has 0 aromatic heterocycles. The Morgan fingerprint density at radius 3 is 0.771 bits per heavy atom. The molecule has 0 bridgehead atoms. The SMILES string of the molecule is c1ccc(N(c2ccccc2)c2ccc(-c3cccc4c(-c5ccc(N(c6ccccc6)c6ccccc6)cc5)cccc34)cc2)cc1. The summed E-state index contributed by atoms with van der Waals surface area (Å²) < 4.78 is 0. The average molecular weight is 615 g/mol. The van der Waals surface area contributed by atoms with Gasteiger partial charge in [-0.25, -0.2) is 0 Å². The maximum absolute atomic E-state index is 2.30. The number of hydrogen-bond donors (Lipinski definition) is 0. The first-order chi connectivity index (χ1) is 23.8. The van der Waals surface area contributed by atoms with Crippen molar-refractivity contribution in [2.45, 2.75) is 0 Å². The summed E-state index contributed by atoms with van der Waals surface area (Å²) in [5.74, 6) is 0. The fourth-order valence-electron chi connectivity index (χ4n) is 6.60. The highest BCUT2D eigenvalue weighted by atomic mass is 15.1. The van der Waals surface area contributed by atoms with Gasteiger partial charge in [0, 0.05) is 34.1 Å². The summed E-state index contributed by atoms with van der Waals surface area (Å²) in [4.78, 5) is 4.59. The van der Waals surface area contributed by atoms with Crippen molar-refractivity contribution in [1.29, 1.82) is 0 Å². The molecule has 0 unspecified atom stereocenters. The van der Waals surface area contributed by atoms with Gasteiger partial charge in [0.25, 0.3) is 0 Å². The minimum Gasteiger partial charge on any atom is -0.311 e. The number of rotatable bonds is 8. The summed E-state index contributed by atoms with van der Waals surface area (Å²) in [5, 5.41) is 2.48. The molecular formula is C46H34N2. The third-order valence-corrected chi connectivity index (χ3v) is 8.85. The van der Waals surface area contributed by atoms with Crippen molar-refractivity contribution < 1.29 is 0 Å². The van der Waals surface area contributed by atoms with Gasteiger partial charge in [0.2, 0.25) is 0 Å². The van der Waals surface area contributed by atoms with Gasteiger partial charge in [-0.05, 0) is 106 Å². The first-order valence-corrected chi connectivity index (χ1v) is 16.4. The van der Waals surface area contributed by atoms with Crippen molar-refractivity contribution in [3.05, 3.63) is 206 Å². The third-order valence-electron chi connectivity index (χ3n) is 8.85. The number of para-hydroxylation sites is 4. The summed E-state index contributed by atoms with van der Waals surface area (Å²) in [6.45, 7) is 0. The Labute approximate surface area is 282 Å². The zero-order valence-corrected chi connectivity index (χ0v) is 26.5. The largest absolute Gasteiger partial charge is 0.311 e. The second kappa shape index (κ2) is 13.2. The second-order valence-corrected chi connectivity index (χ2v) is 11.8. The summed E-state index contributed by atoms with van der Waals surface area (Å²) in [6.07, 6.45) is 0. The lowest BCUT2D eigenvalue weighted by molar-refractivity contribution is 1.28. The van der Waals surface area contributed by atoms with Crippen LogP contribution < -0.4 is 9.80 Å². The molecule has 0 atom stereocenters. The van der Waals surface area contributed by atoms with Gasteiger partial charge in [-0.3, -0.25) is 0 Å². The van der Waals surface area contributed by atoms with E-state index in [1.165, 1.54) is 33.0 Å². The average Bonchev–Trinajstić information content (AvgIpc) is 3.17. The van der Waals surface area contributed by atoms with E-state index in [1.54, 1.807) is 0 Å². The minimum atomic E-state index is 1.12. The van der Waals surface area contributed by atoms with Crippen LogP contribution in [0, 0.1) is 0 Å². The molecule has 0 N–H and O–H groups in total. The maximum Gasteiger partial charge on any atom is 0.0462 e. The van der Waals surface area contributed by atoms with Gasteiger partial charge in [0.1, 0.15) is 0 Å². The lowest BCUT2D eigenvalue weighted by Crippen LogP contribution is -2.09. The lowest BCUT2D eigenvalue weighted by Gasteiger charge is -2.25. The van der Waals surface area contributed by atoms with Crippen LogP contribution in [-0.4, -0.2) is 0 Å². The quantitative estimate of drug-likeness (QED) is 0.168. The van der Waals surface area contributed by atoms with Crippen LogP contribution in [0.4, 0.5) is 34.1 Å². The first kappa shape index (κ1) is 29.1. The molecule has 8 rings (SSSR count). The Hall–Kier alpha value is -6.38. The van der Waals surface area contributed by atoms with Crippen molar-refractivity contribution >= 4 is 44.9 Å². The Morgan fingerprint density at radius 1 is 0.208 bits per heavy atom. The summed E-state index contributed by atoms with van der Waals surface area (Å²) in [7, 11) is 0. The normalized spacial score (nSPS) is 10.9. The van der Waals surface area contributed by atoms with Crippen molar-refractivity contribution in [3.8, 4) is 22.3 Å². The molecule has 2 heteroatoms. The monoisotopic (exact) mass is 614 g/mol. The van der Waals surface area contributed by atoms with Crippen molar-refractivity contribution in [1.82, 2.24) is 0 Å². The van der Waals surface area contributed by atoms with Gasteiger partial charge < -0.3 is 9.80 Å². The Balaban J connectivity index is 1.14. The summed E-state index contributed by atoms with van der Waals surface area (Å²) in [5.41, 5.74) is 11.6. The highest BCUT2D eigenvalue weighted by Gasteiger charge is 2.15. The minimum absolute atomic E-state index is 1.12. The van der Waals surface area contributed by atoms with E-state index in [1.807, 2.05) is 0 Å². The number of nitrogens with zero attached hydrogens (tertiary/aromatic N) is 2. The van der Waals surface area contributed by atoms with Crippen LogP contribution in [0.25, 0.3) is 33.0 Å². The molecule has 8 aromatic carbocycles. The van der Waals surface area contributed by atoms with Crippen molar-refractivity contribution in [3.63, 3.8) is 0 Å². The van der Waals surface area contributed by atoms with Gasteiger partial charge in [-0.1, -0.05) is 133 Å². The molecule has 48 heavy (non-hydrogen) atoms. The van der Waals surface area contributed by atoms with E-state index in [2.05, 4.69) is 216 Å². The van der Waals surface area contributed by atoms with Crippen LogP contribution in [0.5, 0.6) is 0 Å². The highest BCUT2D eigenvalue weighted by Crippen LogP contribution is 2.40. The molecule has 0 aliphatic carbocycles. The second-order valence-electron chi connectivity index (χ2n) is 11.8. The Morgan fingerprint density at radius 2 is 0.479 bits per heavy atom. The van der Waals surface area contributed by atoms with E-state index in [4.69, 9.17) is 0 Å². The number of anilines is 6. The summed E-state index contributed by atoms with van der Waals surface area (Å²) in [6, 6.07) is 73.3. The summed E-state index contributed by atoms with van der Waals surface area (Å²) >= 11 is 0. The molecule has 0 fully saturated rings. The fourth-order valence-corrected chi connectivity index (χ4v) is 6.60. The topological polar surface area (TPSA) is 6.48 Å². The third kappa shape index (κ3) is 5.72. The number of fused-ring (bicyclic) bond motifs is 1. The molecule has 228 valence electrons. The number of benzene rings is 8. The lowest BCUT2D eigenvalue weighted by atomic mass is 9.92. The van der Waals surface area contributed by atoms with E-state index in [-0.39, 0.29) is 0 Å². The van der Waals surface area contributed by atoms with E-state index >= 15 is 0 Å². The molecular weight excluding hydrogens is 581 g/mol. The van der Waals surface area contributed by atoms with Crippen LogP contribution in [0.3, 0.4) is 0 Å². The zero-order valence-electron chi connectivity index (χ0n) is 26.5. The van der Waals surface area contributed by atoms with Crippen LogP contribution in [-0.2, 0) is 0 Å². The molecule has 0 aliphatic heterocycles. The molecule has 0 aliphatic rings. The standard InChI is InChI=1S/C46H34N2/c1-5-15-37(16-6-1)47(38-17-7-2-8-18-38)41-31-27-35(28-32-41)43-23-13-26-46-44(24-14-25-45(43)46)36-29-33-42(34-30-36)48(39-19-9-3-10-20-39)40-21-11-4-12-22-40/h1-34H. The van der Waals surface area contributed by atoms with Crippen LogP contribution >= 0.6 is 0 Å². The first-order valence-electron chi connectivity index (χ1n) is 16.4. The van der Waals surface area contributed by atoms with E-state index in [9.17, 15) is 0 Å². The van der Waals surface area contributed by atoms with E-state index in [0.717, 1.165) is 34.1 Å². The predicted molar refractivity (Wildman–Crippen MR) is 204 cm³/mol. The molecule has 0 amide bonds. The fraction of sp³-hybridized carbons (Fsp3) is 0. The van der Waals surface area contributed by atoms with Gasteiger partial charge in [0.05, 0.1) is 0 Å². The molecule has 0 heterocycles. The molecule has 0 spiro atoms. The smallest absolute Gasteiger partial charge is 0.0462 e. The van der Waals surface area contributed by atoms with Gasteiger partial charge >= 0.3 is 0 Å². The number of hydrogen-bond acceptors (Lipinski definition) is 2. The molecule has 2 nitrogen and oxygen atoms in total. The highest BCUT2D eigenvalue weighted by molar-refractivity contribution is 6.04. The van der Waals surface area contributed by atoms with E-state index in [0.29, 0.717) is 0 Å². The van der Waals surface area contributed by atoms with Crippen molar-refractivity contribution in [2.24, 2.45) is 0 Å². The van der Waals surface area contributed by atoms with Crippen LogP contribution in [0.15, 0.2) is 206 Å². The van der Waals surface area contributed by atoms with Crippen LogP contribution in [0.2, 0.25) is 0 Å². The maximum atomic E-state index is 2.30. The molecule has 0 saturated heterocycles. The molecule has 8 aromatic rings. The van der Waals surface area contributed by atoms with Gasteiger partial charge in [0.15, 0.2) is 0 Å². The van der Waals surface area contributed by atoms with Crippen LogP contribution in [0.1, 0.15) is 0 Å².